The van der Waals surface area contributed by atoms with Crippen molar-refractivity contribution in [3.63, 3.8) is 0 Å². The fourth-order valence-corrected chi connectivity index (χ4v) is 5.93. The smallest absolute Gasteiger partial charge is 0.176 e. The second kappa shape index (κ2) is 19.9. The minimum Gasteiger partial charge on any atom is -0.313 e. The molecule has 0 aromatic heterocycles. The minimum absolute atomic E-state index is 0.200. The zero-order valence-corrected chi connectivity index (χ0v) is 31.3. The maximum Gasteiger partial charge on any atom is 0.176 e. The van der Waals surface area contributed by atoms with E-state index in [1.807, 2.05) is 84.9 Å². The number of nitrogens with one attached hydrogen (secondary N) is 3. The van der Waals surface area contributed by atoms with Crippen LogP contribution in [-0.2, 0) is 0 Å². The SMILES string of the molecule is ONC(=Nc1ccc(Cl)cc1)C(=NCCNCCN=C(C(=Nc1ccc(Cl)cc1)NO)c1ccc(-c2ccccc2)cc1)c1ccc(-c2ccccc2)cc1. The van der Waals surface area contributed by atoms with Crippen molar-refractivity contribution in [3.05, 3.63) is 179 Å². The third-order valence-electron chi connectivity index (χ3n) is 8.44. The molecule has 5 N–H and O–H groups in total. The van der Waals surface area contributed by atoms with Crippen LogP contribution in [0.1, 0.15) is 11.1 Å². The first-order valence-electron chi connectivity index (χ1n) is 17.6. The molecule has 55 heavy (non-hydrogen) atoms. The Kier molecular flexibility index (Phi) is 14.1. The summed E-state index contributed by atoms with van der Waals surface area (Å²) >= 11 is 12.2. The summed E-state index contributed by atoms with van der Waals surface area (Å²) in [5.74, 6) is 0.401. The average Bonchev–Trinajstić information content (AvgIpc) is 3.24. The van der Waals surface area contributed by atoms with Gasteiger partial charge in [-0.05, 0) is 70.8 Å². The number of rotatable bonds is 14. The van der Waals surface area contributed by atoms with E-state index < -0.39 is 0 Å². The van der Waals surface area contributed by atoms with Crippen LogP contribution in [0.3, 0.4) is 0 Å². The van der Waals surface area contributed by atoms with Crippen LogP contribution in [0, 0.1) is 0 Å². The van der Waals surface area contributed by atoms with Crippen molar-refractivity contribution in [2.24, 2.45) is 20.0 Å². The molecule has 0 aliphatic rings. The van der Waals surface area contributed by atoms with E-state index in [0.717, 1.165) is 33.4 Å². The molecule has 0 bridgehead atoms. The van der Waals surface area contributed by atoms with Crippen LogP contribution in [0.25, 0.3) is 22.3 Å². The number of amidine groups is 2. The highest BCUT2D eigenvalue weighted by Gasteiger charge is 2.14. The van der Waals surface area contributed by atoms with Gasteiger partial charge in [0.1, 0.15) is 11.4 Å². The molecule has 276 valence electrons. The normalized spacial score (nSPS) is 12.4. The maximum absolute atomic E-state index is 10.2. The number of benzene rings is 6. The van der Waals surface area contributed by atoms with E-state index in [0.29, 0.717) is 59.0 Å². The first kappa shape index (κ1) is 38.8. The van der Waals surface area contributed by atoms with E-state index in [1.165, 1.54) is 0 Å². The third kappa shape index (κ3) is 11.0. The largest absolute Gasteiger partial charge is 0.313 e. The molecule has 0 radical (unpaired) electrons. The van der Waals surface area contributed by atoms with Crippen LogP contribution in [0.5, 0.6) is 0 Å². The van der Waals surface area contributed by atoms with E-state index in [9.17, 15) is 10.4 Å². The molecule has 0 fully saturated rings. The standard InChI is InChI=1S/C44H39Cl2N7O2/c45-37-19-23-39(24-20-37)50-43(52-54)41(35-15-11-33(12-16-35)31-7-3-1-4-8-31)48-29-27-47-28-30-49-42(44(53-55)51-40-25-21-38(46)22-26-40)36-17-13-34(14-18-36)32-9-5-2-6-10-32/h1-26,47,54-55H,27-30H2,(H,50,52)(H,51,53). The highest BCUT2D eigenvalue weighted by Crippen LogP contribution is 2.23. The van der Waals surface area contributed by atoms with Crippen LogP contribution in [0.4, 0.5) is 11.4 Å². The Bertz CT molecular complexity index is 2080. The monoisotopic (exact) mass is 767 g/mol. The summed E-state index contributed by atoms with van der Waals surface area (Å²) in [4.78, 5) is 18.9. The molecule has 11 heteroatoms. The molecule has 0 spiro atoms. The van der Waals surface area contributed by atoms with E-state index in [-0.39, 0.29) is 11.7 Å². The second-order valence-corrected chi connectivity index (χ2v) is 13.1. The first-order valence-corrected chi connectivity index (χ1v) is 18.4. The quantitative estimate of drug-likeness (QED) is 0.0327. The van der Waals surface area contributed by atoms with Crippen molar-refractivity contribution >= 4 is 57.7 Å². The molecule has 6 rings (SSSR count). The van der Waals surface area contributed by atoms with Gasteiger partial charge in [0.2, 0.25) is 0 Å². The number of aliphatic imine (C=N–C) groups is 4. The lowest BCUT2D eigenvalue weighted by Gasteiger charge is -2.12. The van der Waals surface area contributed by atoms with E-state index in [4.69, 9.17) is 33.2 Å². The minimum atomic E-state index is 0.200. The molecule has 0 aliphatic heterocycles. The number of nitrogens with zero attached hydrogens (tertiary/aromatic N) is 4. The fourth-order valence-electron chi connectivity index (χ4n) is 5.68. The molecule has 0 heterocycles. The lowest BCUT2D eigenvalue weighted by Crippen LogP contribution is -2.31. The summed E-state index contributed by atoms with van der Waals surface area (Å²) in [5.41, 5.74) is 12.6. The maximum atomic E-state index is 10.2. The van der Waals surface area contributed by atoms with Gasteiger partial charge < -0.3 is 5.32 Å². The molecule has 9 nitrogen and oxygen atoms in total. The van der Waals surface area contributed by atoms with Gasteiger partial charge in [-0.1, -0.05) is 132 Å². The van der Waals surface area contributed by atoms with Crippen molar-refractivity contribution in [1.82, 2.24) is 16.3 Å². The molecule has 0 amide bonds. The molecule has 0 saturated heterocycles. The zero-order valence-electron chi connectivity index (χ0n) is 29.8. The van der Waals surface area contributed by atoms with Gasteiger partial charge in [0.15, 0.2) is 11.7 Å². The van der Waals surface area contributed by atoms with Crippen LogP contribution >= 0.6 is 23.2 Å². The van der Waals surface area contributed by atoms with Crippen molar-refractivity contribution in [2.45, 2.75) is 0 Å². The first-order chi connectivity index (χ1) is 27.0. The third-order valence-corrected chi connectivity index (χ3v) is 8.95. The summed E-state index contributed by atoms with van der Waals surface area (Å²) < 4.78 is 0. The summed E-state index contributed by atoms with van der Waals surface area (Å²) in [6.45, 7) is 1.81. The van der Waals surface area contributed by atoms with Crippen LogP contribution < -0.4 is 16.3 Å². The fraction of sp³-hybridized carbons (Fsp3) is 0.0909. The Morgan fingerprint density at radius 2 is 0.782 bits per heavy atom. The number of halogens is 2. The Hall–Kier alpha value is -5.94. The van der Waals surface area contributed by atoms with Gasteiger partial charge in [0.25, 0.3) is 0 Å². The second-order valence-electron chi connectivity index (χ2n) is 12.2. The zero-order chi connectivity index (χ0) is 38.2. The van der Waals surface area contributed by atoms with E-state index in [1.54, 1.807) is 48.5 Å². The molecular formula is C44H39Cl2N7O2. The lowest BCUT2D eigenvalue weighted by molar-refractivity contribution is 0.236. The molecule has 6 aromatic rings. The predicted octanol–water partition coefficient (Wildman–Crippen LogP) is 9.61. The van der Waals surface area contributed by atoms with Gasteiger partial charge in [-0.25, -0.2) is 9.98 Å². The van der Waals surface area contributed by atoms with E-state index >= 15 is 0 Å². The number of hydrogen-bond acceptors (Lipinski definition) is 7. The summed E-state index contributed by atoms with van der Waals surface area (Å²) in [7, 11) is 0. The number of hydrogen-bond donors (Lipinski definition) is 5. The van der Waals surface area contributed by atoms with Crippen LogP contribution in [0.15, 0.2) is 178 Å². The highest BCUT2D eigenvalue weighted by atomic mass is 35.5. The Morgan fingerprint density at radius 3 is 1.13 bits per heavy atom. The van der Waals surface area contributed by atoms with Crippen LogP contribution in [0.2, 0.25) is 10.0 Å². The van der Waals surface area contributed by atoms with Crippen molar-refractivity contribution < 1.29 is 10.4 Å². The summed E-state index contributed by atoms with van der Waals surface area (Å²) in [6, 6.07) is 50.2. The Balaban J connectivity index is 1.18. The van der Waals surface area contributed by atoms with Crippen molar-refractivity contribution in [3.8, 4) is 22.3 Å². The van der Waals surface area contributed by atoms with Gasteiger partial charge in [0.05, 0.1) is 24.5 Å². The van der Waals surface area contributed by atoms with Gasteiger partial charge in [-0.2, -0.15) is 0 Å². The van der Waals surface area contributed by atoms with Gasteiger partial charge >= 0.3 is 0 Å². The van der Waals surface area contributed by atoms with Gasteiger partial charge in [0, 0.05) is 34.3 Å². The van der Waals surface area contributed by atoms with Gasteiger partial charge in [-0.15, -0.1) is 0 Å². The Morgan fingerprint density at radius 1 is 0.436 bits per heavy atom. The van der Waals surface area contributed by atoms with E-state index in [2.05, 4.69) is 50.5 Å². The molecule has 0 aliphatic carbocycles. The predicted molar refractivity (Wildman–Crippen MR) is 226 cm³/mol. The van der Waals surface area contributed by atoms with Crippen molar-refractivity contribution in [2.75, 3.05) is 26.2 Å². The average molecular weight is 769 g/mol. The van der Waals surface area contributed by atoms with Gasteiger partial charge in [-0.3, -0.25) is 31.4 Å². The highest BCUT2D eigenvalue weighted by molar-refractivity contribution is 6.48. The molecular weight excluding hydrogens is 729 g/mol. The summed E-state index contributed by atoms with van der Waals surface area (Å²) in [6.07, 6.45) is 0. The van der Waals surface area contributed by atoms with Crippen LogP contribution in [-0.4, -0.2) is 59.7 Å². The summed E-state index contributed by atoms with van der Waals surface area (Å²) in [5, 5.41) is 25.0. The Labute approximate surface area is 330 Å². The molecule has 0 saturated carbocycles. The molecule has 0 unspecified atom stereocenters. The lowest BCUT2D eigenvalue weighted by atomic mass is 10.0. The van der Waals surface area contributed by atoms with Crippen molar-refractivity contribution in [1.29, 1.82) is 0 Å². The topological polar surface area (TPSA) is 126 Å². The molecule has 6 aromatic carbocycles. The molecule has 0 atom stereocenters. The number of hydroxylamine groups is 2.